The molecule has 5 heteroatoms. The van der Waals surface area contributed by atoms with Crippen molar-refractivity contribution in [3.63, 3.8) is 0 Å². The SMILES string of the molecule is NC(=S)c1ccc(OCCCc2ccncc2)cc1Br. The molecule has 0 aliphatic heterocycles. The highest BCUT2D eigenvalue weighted by Gasteiger charge is 2.04. The maximum absolute atomic E-state index is 5.71. The van der Waals surface area contributed by atoms with Crippen LogP contribution in [0.25, 0.3) is 0 Å². The summed E-state index contributed by atoms with van der Waals surface area (Å²) in [6.07, 6.45) is 5.55. The van der Waals surface area contributed by atoms with Crippen LogP contribution in [0.5, 0.6) is 5.75 Å². The van der Waals surface area contributed by atoms with Crippen LogP contribution < -0.4 is 10.5 Å². The molecule has 0 radical (unpaired) electrons. The summed E-state index contributed by atoms with van der Waals surface area (Å²) < 4.78 is 6.57. The molecular formula is C15H15BrN2OS. The lowest BCUT2D eigenvalue weighted by Crippen LogP contribution is -2.10. The molecule has 0 bridgehead atoms. The molecule has 0 amide bonds. The number of aromatic nitrogens is 1. The predicted octanol–water partition coefficient (Wildman–Crippen LogP) is 3.49. The summed E-state index contributed by atoms with van der Waals surface area (Å²) in [5, 5.41) is 0. The molecule has 0 aliphatic carbocycles. The summed E-state index contributed by atoms with van der Waals surface area (Å²) in [5.41, 5.74) is 7.70. The van der Waals surface area contributed by atoms with Crippen LogP contribution in [0.3, 0.4) is 0 Å². The fraction of sp³-hybridized carbons (Fsp3) is 0.200. The number of benzene rings is 1. The summed E-state index contributed by atoms with van der Waals surface area (Å²) in [5.74, 6) is 0.812. The monoisotopic (exact) mass is 350 g/mol. The third kappa shape index (κ3) is 4.28. The van der Waals surface area contributed by atoms with E-state index in [1.807, 2.05) is 42.7 Å². The lowest BCUT2D eigenvalue weighted by molar-refractivity contribution is 0.311. The van der Waals surface area contributed by atoms with Gasteiger partial charge in [-0.25, -0.2) is 0 Å². The first-order chi connectivity index (χ1) is 9.66. The lowest BCUT2D eigenvalue weighted by Gasteiger charge is -2.08. The van der Waals surface area contributed by atoms with Gasteiger partial charge in [-0.2, -0.15) is 0 Å². The smallest absolute Gasteiger partial charge is 0.120 e. The van der Waals surface area contributed by atoms with Crippen molar-refractivity contribution in [1.82, 2.24) is 4.98 Å². The molecule has 0 unspecified atom stereocenters. The van der Waals surface area contributed by atoms with E-state index in [1.54, 1.807) is 0 Å². The molecule has 2 N–H and O–H groups in total. The maximum atomic E-state index is 5.71. The van der Waals surface area contributed by atoms with Gasteiger partial charge in [-0.3, -0.25) is 4.98 Å². The Bertz CT molecular complexity index is 590. The Balaban J connectivity index is 1.83. The first-order valence-corrected chi connectivity index (χ1v) is 7.48. The van der Waals surface area contributed by atoms with Crippen LogP contribution in [0.2, 0.25) is 0 Å². The Morgan fingerprint density at radius 2 is 2.00 bits per heavy atom. The Morgan fingerprint density at radius 3 is 2.65 bits per heavy atom. The van der Waals surface area contributed by atoms with E-state index in [9.17, 15) is 0 Å². The van der Waals surface area contributed by atoms with Crippen molar-refractivity contribution in [3.05, 3.63) is 58.3 Å². The maximum Gasteiger partial charge on any atom is 0.120 e. The van der Waals surface area contributed by atoms with Crippen molar-refractivity contribution in [2.75, 3.05) is 6.61 Å². The van der Waals surface area contributed by atoms with Gasteiger partial charge in [-0.15, -0.1) is 0 Å². The van der Waals surface area contributed by atoms with Crippen molar-refractivity contribution in [3.8, 4) is 5.75 Å². The lowest BCUT2D eigenvalue weighted by atomic mass is 10.1. The Morgan fingerprint density at radius 1 is 1.25 bits per heavy atom. The molecule has 104 valence electrons. The number of aryl methyl sites for hydroxylation is 1. The van der Waals surface area contributed by atoms with Gasteiger partial charge in [0.25, 0.3) is 0 Å². The highest BCUT2D eigenvalue weighted by atomic mass is 79.9. The summed E-state index contributed by atoms with van der Waals surface area (Å²) in [7, 11) is 0. The van der Waals surface area contributed by atoms with Crippen LogP contribution in [-0.4, -0.2) is 16.6 Å². The molecule has 1 aromatic carbocycles. The second-order valence-corrected chi connectivity index (χ2v) is 5.61. The summed E-state index contributed by atoms with van der Waals surface area (Å²) in [6, 6.07) is 9.68. The molecule has 20 heavy (non-hydrogen) atoms. The van der Waals surface area contributed by atoms with Gasteiger partial charge in [0, 0.05) is 22.4 Å². The predicted molar refractivity (Wildman–Crippen MR) is 88.1 cm³/mol. The van der Waals surface area contributed by atoms with Gasteiger partial charge in [0.05, 0.1) is 6.61 Å². The zero-order valence-corrected chi connectivity index (χ0v) is 13.3. The fourth-order valence-electron chi connectivity index (χ4n) is 1.80. The summed E-state index contributed by atoms with van der Waals surface area (Å²) in [6.45, 7) is 0.668. The average Bonchev–Trinajstić information content (AvgIpc) is 2.44. The van der Waals surface area contributed by atoms with Crippen LogP contribution >= 0.6 is 28.1 Å². The van der Waals surface area contributed by atoms with Gasteiger partial charge < -0.3 is 10.5 Å². The number of halogens is 1. The fourth-order valence-corrected chi connectivity index (χ4v) is 2.68. The normalized spacial score (nSPS) is 10.2. The minimum atomic E-state index is 0.376. The van der Waals surface area contributed by atoms with E-state index in [2.05, 4.69) is 20.9 Å². The number of rotatable bonds is 6. The van der Waals surface area contributed by atoms with Crippen molar-refractivity contribution in [2.24, 2.45) is 5.73 Å². The molecule has 2 rings (SSSR count). The number of thiocarbonyl (C=S) groups is 1. The van der Waals surface area contributed by atoms with Gasteiger partial charge in [0.1, 0.15) is 10.7 Å². The number of pyridine rings is 1. The third-order valence-electron chi connectivity index (χ3n) is 2.83. The van der Waals surface area contributed by atoms with Crippen molar-refractivity contribution < 1.29 is 4.74 Å². The van der Waals surface area contributed by atoms with Gasteiger partial charge >= 0.3 is 0 Å². The van der Waals surface area contributed by atoms with Gasteiger partial charge in [-0.1, -0.05) is 12.2 Å². The van der Waals surface area contributed by atoms with E-state index >= 15 is 0 Å². The van der Waals surface area contributed by atoms with Crippen LogP contribution in [0.4, 0.5) is 0 Å². The molecule has 0 aliphatic rings. The minimum Gasteiger partial charge on any atom is -0.494 e. The molecule has 0 atom stereocenters. The highest BCUT2D eigenvalue weighted by Crippen LogP contribution is 2.23. The second-order valence-electron chi connectivity index (χ2n) is 4.31. The standard InChI is InChI=1S/C15H15BrN2OS/c16-14-10-12(3-4-13(14)15(17)20)19-9-1-2-11-5-7-18-8-6-11/h3-8,10H,1-2,9H2,(H2,17,20). The van der Waals surface area contributed by atoms with Gasteiger partial charge in [0.15, 0.2) is 0 Å². The molecular weight excluding hydrogens is 336 g/mol. The van der Waals surface area contributed by atoms with Crippen molar-refractivity contribution >= 4 is 33.1 Å². The molecule has 0 fully saturated rings. The topological polar surface area (TPSA) is 48.1 Å². The van der Waals surface area contributed by atoms with E-state index < -0.39 is 0 Å². The molecule has 2 aromatic rings. The summed E-state index contributed by atoms with van der Waals surface area (Å²) in [4.78, 5) is 4.37. The molecule has 0 saturated heterocycles. The Labute approximate surface area is 132 Å². The number of nitrogens with two attached hydrogens (primary N) is 1. The number of hydrogen-bond donors (Lipinski definition) is 1. The minimum absolute atomic E-state index is 0.376. The van der Waals surface area contributed by atoms with Crippen LogP contribution in [0.15, 0.2) is 47.2 Å². The molecule has 0 saturated carbocycles. The van der Waals surface area contributed by atoms with Crippen molar-refractivity contribution in [2.45, 2.75) is 12.8 Å². The molecule has 0 spiro atoms. The van der Waals surface area contributed by atoms with E-state index in [0.717, 1.165) is 28.6 Å². The van der Waals surface area contributed by atoms with Gasteiger partial charge in [0.2, 0.25) is 0 Å². The first-order valence-electron chi connectivity index (χ1n) is 6.28. The zero-order valence-electron chi connectivity index (χ0n) is 10.9. The quantitative estimate of drug-likeness (QED) is 0.639. The number of nitrogens with zero attached hydrogens (tertiary/aromatic N) is 1. The van der Waals surface area contributed by atoms with E-state index in [1.165, 1.54) is 5.56 Å². The Hall–Kier alpha value is -1.46. The third-order valence-corrected chi connectivity index (χ3v) is 3.71. The van der Waals surface area contributed by atoms with E-state index in [0.29, 0.717) is 11.6 Å². The highest BCUT2D eigenvalue weighted by molar-refractivity contribution is 9.10. The van der Waals surface area contributed by atoms with Crippen molar-refractivity contribution in [1.29, 1.82) is 0 Å². The number of hydrogen-bond acceptors (Lipinski definition) is 3. The second kappa shape index (κ2) is 7.36. The van der Waals surface area contributed by atoms with Crippen LogP contribution in [0, 0.1) is 0 Å². The first kappa shape index (κ1) is 14.9. The van der Waals surface area contributed by atoms with E-state index in [4.69, 9.17) is 22.7 Å². The number of ether oxygens (including phenoxy) is 1. The molecule has 1 aromatic heterocycles. The van der Waals surface area contributed by atoms with Gasteiger partial charge in [-0.05, 0) is 64.7 Å². The zero-order chi connectivity index (χ0) is 14.4. The van der Waals surface area contributed by atoms with Crippen LogP contribution in [0.1, 0.15) is 17.5 Å². The van der Waals surface area contributed by atoms with Crippen LogP contribution in [-0.2, 0) is 6.42 Å². The molecule has 3 nitrogen and oxygen atoms in total. The molecule has 1 heterocycles. The average molecular weight is 351 g/mol. The summed E-state index contributed by atoms with van der Waals surface area (Å²) >= 11 is 8.39. The Kier molecular flexibility index (Phi) is 5.49. The van der Waals surface area contributed by atoms with E-state index in [-0.39, 0.29) is 0 Å². The largest absolute Gasteiger partial charge is 0.494 e.